The molecule has 0 fully saturated rings. The van der Waals surface area contributed by atoms with E-state index in [-0.39, 0.29) is 0 Å². The second-order valence-electron chi connectivity index (χ2n) is 10.0. The van der Waals surface area contributed by atoms with Crippen LogP contribution in [-0.4, -0.2) is 32.3 Å². The van der Waals surface area contributed by atoms with Crippen LogP contribution in [0.2, 0.25) is 78.6 Å². The van der Waals surface area contributed by atoms with Crippen molar-refractivity contribution >= 4 is 32.3 Å². The van der Waals surface area contributed by atoms with E-state index in [1.165, 1.54) is 0 Å². The summed E-state index contributed by atoms with van der Waals surface area (Å²) in [6.07, 6.45) is 0. The number of hydrogen-bond donors (Lipinski definition) is 0. The van der Waals surface area contributed by atoms with Gasteiger partial charge in [0.15, 0.2) is 0 Å². The minimum atomic E-state index is -1.28. The van der Waals surface area contributed by atoms with E-state index in [4.69, 9.17) is 0 Å². The minimum Gasteiger partial charge on any atom is -0.0807 e. The van der Waals surface area contributed by atoms with Crippen LogP contribution in [0.1, 0.15) is 0 Å². The zero-order chi connectivity index (χ0) is 16.6. The lowest BCUT2D eigenvalue weighted by atomic mass is 10.8. The Balaban J connectivity index is 6.51. The van der Waals surface area contributed by atoms with Crippen molar-refractivity contribution in [1.29, 1.82) is 0 Å². The lowest BCUT2D eigenvalue weighted by Crippen LogP contribution is -2.40. The van der Waals surface area contributed by atoms with Gasteiger partial charge >= 0.3 is 0 Å². The van der Waals surface area contributed by atoms with Gasteiger partial charge in [-0.15, -0.1) is 0 Å². The van der Waals surface area contributed by atoms with Crippen LogP contribution in [0, 0.1) is 0 Å². The summed E-state index contributed by atoms with van der Waals surface area (Å²) in [6, 6.07) is 0. The van der Waals surface area contributed by atoms with Gasteiger partial charge in [-0.1, -0.05) is 90.0 Å². The van der Waals surface area contributed by atoms with Gasteiger partial charge in [-0.05, 0) is 9.64 Å². The molecule has 0 aliphatic rings. The molecule has 0 aliphatic carbocycles. The average Bonchev–Trinajstić information content (AvgIpc) is 2.02. The fraction of sp³-hybridized carbons (Fsp3) is 0.750. The SMILES string of the molecule is C[Si](C)(C)C(=C=C=C([Si](C)(C)C)[Si](C)(C)C)[Si](C)(C)C. The molecule has 0 aromatic rings. The molecule has 0 heterocycles. The van der Waals surface area contributed by atoms with Crippen LogP contribution in [0.25, 0.3) is 0 Å². The van der Waals surface area contributed by atoms with Gasteiger partial charge in [0.25, 0.3) is 0 Å². The summed E-state index contributed by atoms with van der Waals surface area (Å²) in [5.41, 5.74) is 7.47. The van der Waals surface area contributed by atoms with Gasteiger partial charge in [0, 0.05) is 0 Å². The molecule has 0 aromatic carbocycles. The summed E-state index contributed by atoms with van der Waals surface area (Å²) < 4.78 is 0. The molecule has 0 aromatic heterocycles. The topological polar surface area (TPSA) is 0 Å². The standard InChI is InChI=1S/C16H36Si4/c1-17(2,3)15(18(4,5)6)13-14-16(19(7,8)9)20(10,11)12/h1-12H3. The fourth-order valence-electron chi connectivity index (χ4n) is 3.12. The molecule has 0 saturated heterocycles. The molecule has 0 unspecified atom stereocenters. The van der Waals surface area contributed by atoms with Gasteiger partial charge in [0.1, 0.15) is 0 Å². The van der Waals surface area contributed by atoms with E-state index in [1.807, 2.05) is 0 Å². The molecule has 0 atom stereocenters. The highest BCUT2D eigenvalue weighted by Gasteiger charge is 2.32. The summed E-state index contributed by atoms with van der Waals surface area (Å²) in [4.78, 5) is 3.30. The van der Waals surface area contributed by atoms with E-state index in [1.54, 1.807) is 9.64 Å². The molecule has 0 spiro atoms. The van der Waals surface area contributed by atoms with Crippen molar-refractivity contribution in [3.8, 4) is 0 Å². The normalized spacial score (nSPS) is 13.6. The first kappa shape index (κ1) is 20.2. The summed E-state index contributed by atoms with van der Waals surface area (Å²) in [5, 5.41) is 0. The largest absolute Gasteiger partial charge is 0.0807 e. The zero-order valence-electron chi connectivity index (χ0n) is 16.0. The van der Waals surface area contributed by atoms with E-state index in [2.05, 4.69) is 90.0 Å². The summed E-state index contributed by atoms with van der Waals surface area (Å²) >= 11 is 0. The highest BCUT2D eigenvalue weighted by molar-refractivity contribution is 7.05. The van der Waals surface area contributed by atoms with Gasteiger partial charge in [-0.2, -0.15) is 0 Å². The molecule has 4 heteroatoms. The Morgan fingerprint density at radius 1 is 0.400 bits per heavy atom. The van der Waals surface area contributed by atoms with Crippen molar-refractivity contribution in [3.63, 3.8) is 0 Å². The van der Waals surface area contributed by atoms with Crippen LogP contribution >= 0.6 is 0 Å². The van der Waals surface area contributed by atoms with Crippen LogP contribution in [0.4, 0.5) is 0 Å². The van der Waals surface area contributed by atoms with Crippen LogP contribution in [0.5, 0.6) is 0 Å². The predicted octanol–water partition coefficient (Wildman–Crippen LogP) is 6.10. The van der Waals surface area contributed by atoms with Gasteiger partial charge < -0.3 is 0 Å². The molecule has 20 heavy (non-hydrogen) atoms. The Morgan fingerprint density at radius 2 is 0.550 bits per heavy atom. The van der Waals surface area contributed by atoms with Crippen molar-refractivity contribution in [2.45, 2.75) is 78.6 Å². The van der Waals surface area contributed by atoms with E-state index >= 15 is 0 Å². The van der Waals surface area contributed by atoms with Crippen LogP contribution < -0.4 is 0 Å². The maximum absolute atomic E-state index is 3.74. The van der Waals surface area contributed by atoms with E-state index in [0.29, 0.717) is 0 Å². The Kier molecular flexibility index (Phi) is 6.17. The first-order chi connectivity index (χ1) is 8.47. The Hall–Kier alpha value is 0.168. The Labute approximate surface area is 132 Å². The molecule has 0 rings (SSSR count). The summed E-state index contributed by atoms with van der Waals surface area (Å²) in [7, 11) is -5.14. The van der Waals surface area contributed by atoms with Gasteiger partial charge in [-0.25, -0.2) is 0 Å². The molecule has 0 saturated carbocycles. The average molecular weight is 341 g/mol. The number of hydrogen-bond acceptors (Lipinski definition) is 0. The molecule has 0 aliphatic heterocycles. The van der Waals surface area contributed by atoms with Crippen molar-refractivity contribution in [2.75, 3.05) is 0 Å². The Morgan fingerprint density at radius 3 is 0.650 bits per heavy atom. The first-order valence-corrected chi connectivity index (χ1v) is 21.8. The van der Waals surface area contributed by atoms with Gasteiger partial charge in [0.2, 0.25) is 0 Å². The third-order valence-electron chi connectivity index (χ3n) is 3.31. The third-order valence-corrected chi connectivity index (χ3v) is 18.8. The van der Waals surface area contributed by atoms with Crippen molar-refractivity contribution in [3.05, 3.63) is 21.1 Å². The number of rotatable bonds is 4. The van der Waals surface area contributed by atoms with E-state index < -0.39 is 32.3 Å². The molecule has 0 radical (unpaired) electrons. The lowest BCUT2D eigenvalue weighted by Gasteiger charge is -2.30. The highest BCUT2D eigenvalue weighted by atomic mass is 28.4. The second kappa shape index (κ2) is 6.11. The molecule has 0 N–H and O–H groups in total. The lowest BCUT2D eigenvalue weighted by molar-refractivity contribution is 1.62. The van der Waals surface area contributed by atoms with E-state index in [0.717, 1.165) is 0 Å². The van der Waals surface area contributed by atoms with Crippen LogP contribution in [-0.2, 0) is 0 Å². The quantitative estimate of drug-likeness (QED) is 0.428. The summed E-state index contributed by atoms with van der Waals surface area (Å²) in [6.45, 7) is 29.5. The predicted molar refractivity (Wildman–Crippen MR) is 107 cm³/mol. The van der Waals surface area contributed by atoms with Gasteiger partial charge in [0.05, 0.1) is 32.3 Å². The van der Waals surface area contributed by atoms with Crippen molar-refractivity contribution < 1.29 is 0 Å². The van der Waals surface area contributed by atoms with Crippen molar-refractivity contribution in [2.24, 2.45) is 0 Å². The molecular weight excluding hydrogens is 305 g/mol. The molecule has 0 nitrogen and oxygen atoms in total. The molecule has 0 amide bonds. The molecule has 0 bridgehead atoms. The first-order valence-electron chi connectivity index (χ1n) is 7.75. The Bertz CT molecular complexity index is 371. The zero-order valence-corrected chi connectivity index (χ0v) is 20.0. The second-order valence-corrected chi connectivity index (χ2v) is 31.0. The summed E-state index contributed by atoms with van der Waals surface area (Å²) in [5.74, 6) is 0. The smallest absolute Gasteiger partial charge is 0.0781 e. The third kappa shape index (κ3) is 6.29. The highest BCUT2D eigenvalue weighted by Crippen LogP contribution is 2.26. The monoisotopic (exact) mass is 340 g/mol. The maximum Gasteiger partial charge on any atom is 0.0781 e. The molecule has 116 valence electrons. The van der Waals surface area contributed by atoms with Crippen molar-refractivity contribution in [1.82, 2.24) is 0 Å². The van der Waals surface area contributed by atoms with E-state index in [9.17, 15) is 0 Å². The fourth-order valence-corrected chi connectivity index (χ4v) is 22.9. The minimum absolute atomic E-state index is 1.28. The maximum atomic E-state index is 3.74. The molecular formula is C16H36Si4. The van der Waals surface area contributed by atoms with Gasteiger partial charge in [-0.3, -0.25) is 0 Å². The van der Waals surface area contributed by atoms with Crippen LogP contribution in [0.3, 0.4) is 0 Å². The van der Waals surface area contributed by atoms with Crippen LogP contribution in [0.15, 0.2) is 21.1 Å².